The Balaban J connectivity index is 1.91. The Morgan fingerprint density at radius 2 is 1.82 bits per heavy atom. The number of nitrogens with one attached hydrogen (secondary N) is 2. The first-order valence-corrected chi connectivity index (χ1v) is 6.39. The molecule has 0 bridgehead atoms. The number of aromatic nitrogens is 4. The molecule has 1 aromatic carbocycles. The van der Waals surface area contributed by atoms with E-state index in [1.807, 2.05) is 18.2 Å². The third-order valence-electron chi connectivity index (χ3n) is 2.99. The summed E-state index contributed by atoms with van der Waals surface area (Å²) in [4.78, 5) is 23.4. The van der Waals surface area contributed by atoms with Gasteiger partial charge in [-0.25, -0.2) is 4.63 Å². The molecule has 9 heteroatoms. The van der Waals surface area contributed by atoms with Crippen LogP contribution in [-0.2, 0) is 11.8 Å². The predicted octanol–water partition coefficient (Wildman–Crippen LogP) is 1.17. The van der Waals surface area contributed by atoms with Gasteiger partial charge in [-0.05, 0) is 16.4 Å². The van der Waals surface area contributed by atoms with Crippen LogP contribution >= 0.6 is 0 Å². The summed E-state index contributed by atoms with van der Waals surface area (Å²) >= 11 is 0. The molecule has 0 spiro atoms. The normalized spacial score (nSPS) is 10.6. The van der Waals surface area contributed by atoms with Crippen molar-refractivity contribution >= 4 is 34.4 Å². The summed E-state index contributed by atoms with van der Waals surface area (Å²) in [5, 5.41) is 16.9. The van der Waals surface area contributed by atoms with Crippen LogP contribution in [0.15, 0.2) is 28.9 Å². The molecule has 0 radical (unpaired) electrons. The molecule has 2 amide bonds. The smallest absolute Gasteiger partial charge is 0.278 e. The molecular weight excluding hydrogens is 288 g/mol. The number of carbonyl (C=O) groups is 2. The lowest BCUT2D eigenvalue weighted by molar-refractivity contribution is -0.114. The van der Waals surface area contributed by atoms with Crippen LogP contribution in [0, 0.1) is 0 Å². The molecule has 2 heterocycles. The van der Waals surface area contributed by atoms with Crippen molar-refractivity contribution in [2.24, 2.45) is 7.05 Å². The second-order valence-electron chi connectivity index (χ2n) is 4.59. The third kappa shape index (κ3) is 2.39. The number of anilines is 2. The van der Waals surface area contributed by atoms with Crippen molar-refractivity contribution in [1.82, 2.24) is 20.1 Å². The maximum Gasteiger partial charge on any atom is 0.278 e. The number of amides is 2. The number of fused-ring (bicyclic) bond motifs is 1. The van der Waals surface area contributed by atoms with Gasteiger partial charge in [0, 0.05) is 19.4 Å². The van der Waals surface area contributed by atoms with Gasteiger partial charge in [-0.1, -0.05) is 18.2 Å². The van der Waals surface area contributed by atoms with Crippen LogP contribution in [0.4, 0.5) is 11.6 Å². The van der Waals surface area contributed by atoms with Crippen LogP contribution in [0.25, 0.3) is 10.9 Å². The minimum atomic E-state index is -0.473. The Morgan fingerprint density at radius 3 is 2.55 bits per heavy atom. The summed E-state index contributed by atoms with van der Waals surface area (Å²) in [6.07, 6.45) is 0. The number of aryl methyl sites for hydroxylation is 1. The average molecular weight is 300 g/mol. The topological polar surface area (TPSA) is 115 Å². The minimum absolute atomic E-state index is 0.0231. The van der Waals surface area contributed by atoms with Gasteiger partial charge in [-0.15, -0.1) is 0 Å². The molecule has 0 aliphatic rings. The molecule has 0 unspecified atom stereocenters. The summed E-state index contributed by atoms with van der Waals surface area (Å²) in [6.45, 7) is 1.31. The first-order valence-electron chi connectivity index (χ1n) is 6.39. The van der Waals surface area contributed by atoms with E-state index in [2.05, 4.69) is 30.7 Å². The molecule has 3 rings (SSSR count). The lowest BCUT2D eigenvalue weighted by Crippen LogP contribution is -2.16. The van der Waals surface area contributed by atoms with Gasteiger partial charge < -0.3 is 5.32 Å². The largest absolute Gasteiger partial charge is 0.305 e. The number of hydrogen-bond donors (Lipinski definition) is 2. The Morgan fingerprint density at radius 1 is 1.14 bits per heavy atom. The first kappa shape index (κ1) is 13.7. The first-order chi connectivity index (χ1) is 10.6. The van der Waals surface area contributed by atoms with Crippen LogP contribution in [0.1, 0.15) is 17.4 Å². The van der Waals surface area contributed by atoms with Crippen molar-refractivity contribution in [2.75, 3.05) is 10.6 Å². The van der Waals surface area contributed by atoms with E-state index >= 15 is 0 Å². The molecule has 2 aromatic heterocycles. The molecule has 112 valence electrons. The number of rotatable bonds is 3. The third-order valence-corrected chi connectivity index (χ3v) is 2.99. The van der Waals surface area contributed by atoms with Crippen LogP contribution in [0.3, 0.4) is 0 Å². The maximum atomic E-state index is 12.4. The Kier molecular flexibility index (Phi) is 3.30. The van der Waals surface area contributed by atoms with Crippen LogP contribution < -0.4 is 10.6 Å². The van der Waals surface area contributed by atoms with Crippen molar-refractivity contribution in [3.8, 4) is 0 Å². The molecule has 9 nitrogen and oxygen atoms in total. The fourth-order valence-electron chi connectivity index (χ4n) is 2.07. The van der Waals surface area contributed by atoms with Crippen molar-refractivity contribution in [2.45, 2.75) is 6.92 Å². The fraction of sp³-hybridized carbons (Fsp3) is 0.154. The molecule has 0 saturated heterocycles. The highest BCUT2D eigenvalue weighted by Crippen LogP contribution is 2.20. The van der Waals surface area contributed by atoms with E-state index in [0.29, 0.717) is 5.39 Å². The summed E-state index contributed by atoms with van der Waals surface area (Å²) in [5.41, 5.74) is 1.07. The second kappa shape index (κ2) is 5.28. The lowest BCUT2D eigenvalue weighted by atomic mass is 10.2. The highest BCUT2D eigenvalue weighted by Gasteiger charge is 2.20. The number of nitrogens with zero attached hydrogens (tertiary/aromatic N) is 4. The zero-order valence-corrected chi connectivity index (χ0v) is 11.8. The Hall–Kier alpha value is -3.23. The predicted molar refractivity (Wildman–Crippen MR) is 77.3 cm³/mol. The van der Waals surface area contributed by atoms with E-state index in [-0.39, 0.29) is 23.2 Å². The van der Waals surface area contributed by atoms with E-state index in [1.165, 1.54) is 6.92 Å². The zero-order chi connectivity index (χ0) is 15.7. The van der Waals surface area contributed by atoms with Crippen molar-refractivity contribution in [3.05, 3.63) is 30.0 Å². The molecule has 0 fully saturated rings. The summed E-state index contributed by atoms with van der Waals surface area (Å²) < 4.78 is 6.13. The van der Waals surface area contributed by atoms with Crippen LogP contribution in [0.5, 0.6) is 0 Å². The van der Waals surface area contributed by atoms with Crippen LogP contribution in [-0.4, -0.2) is 31.9 Å². The molecule has 0 aliphatic heterocycles. The lowest BCUT2D eigenvalue weighted by Gasteiger charge is -2.01. The van der Waals surface area contributed by atoms with Crippen LogP contribution in [0.2, 0.25) is 0 Å². The summed E-state index contributed by atoms with van der Waals surface area (Å²) in [6, 6.07) is 7.34. The molecular formula is C13H12N6O3. The minimum Gasteiger partial charge on any atom is -0.305 e. The summed E-state index contributed by atoms with van der Waals surface area (Å²) in [5.74, 6) is -0.760. The highest BCUT2D eigenvalue weighted by atomic mass is 16.6. The van der Waals surface area contributed by atoms with Gasteiger partial charge >= 0.3 is 0 Å². The number of carbonyl (C=O) groups excluding carboxylic acids is 2. The van der Waals surface area contributed by atoms with Crippen molar-refractivity contribution in [1.29, 1.82) is 0 Å². The Bertz CT molecular complexity index is 866. The van der Waals surface area contributed by atoms with Gasteiger partial charge in [0.05, 0.1) is 5.52 Å². The van der Waals surface area contributed by atoms with Gasteiger partial charge in [-0.3, -0.25) is 19.6 Å². The molecule has 0 saturated carbocycles. The molecule has 22 heavy (non-hydrogen) atoms. The van der Waals surface area contributed by atoms with Gasteiger partial charge in [0.2, 0.25) is 17.5 Å². The number of hydrogen-bond acceptors (Lipinski definition) is 6. The van der Waals surface area contributed by atoms with Gasteiger partial charge in [0.15, 0.2) is 5.69 Å². The van der Waals surface area contributed by atoms with Crippen molar-refractivity contribution < 1.29 is 14.2 Å². The standard InChI is InChI=1S/C13H12N6O3/c1-7(20)14-11-12(18-22-17-11)15-13(21)10-8-5-3-4-6-9(8)19(2)16-10/h3-6H,1-2H3,(H,14,17,20)(H,15,18,21). The monoisotopic (exact) mass is 300 g/mol. The molecule has 3 aromatic rings. The average Bonchev–Trinajstić information content (AvgIpc) is 3.04. The van der Waals surface area contributed by atoms with Gasteiger partial charge in [0.1, 0.15) is 0 Å². The van der Waals surface area contributed by atoms with E-state index in [4.69, 9.17) is 0 Å². The van der Waals surface area contributed by atoms with E-state index in [1.54, 1.807) is 17.8 Å². The van der Waals surface area contributed by atoms with E-state index < -0.39 is 5.91 Å². The second-order valence-corrected chi connectivity index (χ2v) is 4.59. The number of para-hydroxylation sites is 1. The van der Waals surface area contributed by atoms with Gasteiger partial charge in [-0.2, -0.15) is 5.10 Å². The maximum absolute atomic E-state index is 12.4. The summed E-state index contributed by atoms with van der Waals surface area (Å²) in [7, 11) is 1.75. The highest BCUT2D eigenvalue weighted by molar-refractivity contribution is 6.11. The zero-order valence-electron chi connectivity index (χ0n) is 11.8. The Labute approximate surface area is 124 Å². The quantitative estimate of drug-likeness (QED) is 0.750. The van der Waals surface area contributed by atoms with Crippen molar-refractivity contribution in [3.63, 3.8) is 0 Å². The fourth-order valence-corrected chi connectivity index (χ4v) is 2.07. The van der Waals surface area contributed by atoms with Gasteiger partial charge in [0.25, 0.3) is 5.91 Å². The SMILES string of the molecule is CC(=O)Nc1nonc1NC(=O)c1nn(C)c2ccccc12. The molecule has 2 N–H and O–H groups in total. The molecule has 0 aliphatic carbocycles. The van der Waals surface area contributed by atoms with E-state index in [9.17, 15) is 9.59 Å². The van der Waals surface area contributed by atoms with E-state index in [0.717, 1.165) is 5.52 Å². The number of benzene rings is 1. The molecule has 0 atom stereocenters.